The van der Waals surface area contributed by atoms with Gasteiger partial charge in [0.25, 0.3) is 0 Å². The summed E-state index contributed by atoms with van der Waals surface area (Å²) < 4.78 is 0. The van der Waals surface area contributed by atoms with Crippen LogP contribution in [0.25, 0.3) is 0 Å². The lowest BCUT2D eigenvalue weighted by molar-refractivity contribution is 0.356. The van der Waals surface area contributed by atoms with Gasteiger partial charge in [-0.05, 0) is 19.8 Å². The second kappa shape index (κ2) is 6.76. The predicted molar refractivity (Wildman–Crippen MR) is 60.7 cm³/mol. The van der Waals surface area contributed by atoms with Crippen LogP contribution in [0.4, 0.5) is 0 Å². The van der Waals surface area contributed by atoms with Crippen LogP contribution in [0, 0.1) is 0 Å². The number of unbranched alkanes of at least 4 members (excludes halogenated alkanes) is 1. The molecular formula is C12H23N. The SMILES string of the molecule is C=C(C)CN(CCCC)C(=C)CC. The van der Waals surface area contributed by atoms with Crippen LogP contribution in [-0.2, 0) is 0 Å². The average molecular weight is 181 g/mol. The molecule has 0 unspecified atom stereocenters. The molecule has 0 bridgehead atoms. The van der Waals surface area contributed by atoms with Gasteiger partial charge in [0.05, 0.1) is 0 Å². The van der Waals surface area contributed by atoms with E-state index in [1.807, 2.05) is 0 Å². The number of hydrogen-bond donors (Lipinski definition) is 0. The maximum atomic E-state index is 4.06. The molecule has 0 fully saturated rings. The maximum Gasteiger partial charge on any atom is 0.0380 e. The van der Waals surface area contributed by atoms with E-state index in [1.165, 1.54) is 24.1 Å². The summed E-state index contributed by atoms with van der Waals surface area (Å²) in [4.78, 5) is 2.34. The Hall–Kier alpha value is -0.720. The van der Waals surface area contributed by atoms with Gasteiger partial charge in [0.15, 0.2) is 0 Å². The second-order valence-electron chi connectivity index (χ2n) is 3.65. The Morgan fingerprint density at radius 1 is 1.23 bits per heavy atom. The van der Waals surface area contributed by atoms with Gasteiger partial charge in [-0.15, -0.1) is 0 Å². The van der Waals surface area contributed by atoms with Crippen molar-refractivity contribution in [1.82, 2.24) is 4.90 Å². The molecule has 0 spiro atoms. The number of rotatable bonds is 7. The van der Waals surface area contributed by atoms with Crippen molar-refractivity contribution < 1.29 is 0 Å². The Kier molecular flexibility index (Phi) is 6.38. The minimum atomic E-state index is 0.965. The molecule has 0 radical (unpaired) electrons. The van der Waals surface area contributed by atoms with Gasteiger partial charge in [0.2, 0.25) is 0 Å². The molecule has 1 heteroatoms. The van der Waals surface area contributed by atoms with Gasteiger partial charge < -0.3 is 4.90 Å². The van der Waals surface area contributed by atoms with Crippen molar-refractivity contribution in [3.05, 3.63) is 24.4 Å². The summed E-state index contributed by atoms with van der Waals surface area (Å²) in [7, 11) is 0. The van der Waals surface area contributed by atoms with Gasteiger partial charge in [-0.25, -0.2) is 0 Å². The lowest BCUT2D eigenvalue weighted by Gasteiger charge is -2.26. The zero-order valence-electron chi connectivity index (χ0n) is 9.40. The normalized spacial score (nSPS) is 9.77. The highest BCUT2D eigenvalue weighted by Gasteiger charge is 2.04. The molecule has 0 saturated heterocycles. The summed E-state index contributed by atoms with van der Waals surface area (Å²) in [6.45, 7) is 16.5. The van der Waals surface area contributed by atoms with Crippen LogP contribution in [-0.4, -0.2) is 18.0 Å². The monoisotopic (exact) mass is 181 g/mol. The van der Waals surface area contributed by atoms with Gasteiger partial charge in [-0.3, -0.25) is 0 Å². The zero-order chi connectivity index (χ0) is 10.3. The molecule has 0 heterocycles. The quantitative estimate of drug-likeness (QED) is 0.542. The van der Waals surface area contributed by atoms with E-state index in [2.05, 4.69) is 38.8 Å². The summed E-state index contributed by atoms with van der Waals surface area (Å²) in [5.41, 5.74) is 2.45. The fourth-order valence-electron chi connectivity index (χ4n) is 1.25. The smallest absolute Gasteiger partial charge is 0.0380 e. The van der Waals surface area contributed by atoms with Crippen LogP contribution in [0.3, 0.4) is 0 Å². The third kappa shape index (κ3) is 5.51. The number of nitrogens with zero attached hydrogens (tertiary/aromatic N) is 1. The van der Waals surface area contributed by atoms with Gasteiger partial charge in [-0.1, -0.05) is 39.0 Å². The van der Waals surface area contributed by atoms with E-state index in [9.17, 15) is 0 Å². The molecule has 0 saturated carbocycles. The third-order valence-corrected chi connectivity index (χ3v) is 2.10. The summed E-state index contributed by atoms with van der Waals surface area (Å²) in [5, 5.41) is 0. The molecule has 0 rings (SSSR count). The summed E-state index contributed by atoms with van der Waals surface area (Å²) >= 11 is 0. The van der Waals surface area contributed by atoms with Crippen LogP contribution in [0.2, 0.25) is 0 Å². The van der Waals surface area contributed by atoms with E-state index >= 15 is 0 Å². The first-order valence-electron chi connectivity index (χ1n) is 5.18. The summed E-state index contributed by atoms with van der Waals surface area (Å²) in [6, 6.07) is 0. The standard InChI is InChI=1S/C12H23N/c1-6-8-9-13(10-11(3)4)12(5)7-2/h3,5-10H2,1-2,4H3. The molecule has 76 valence electrons. The third-order valence-electron chi connectivity index (χ3n) is 2.10. The van der Waals surface area contributed by atoms with Gasteiger partial charge in [0, 0.05) is 18.8 Å². The average Bonchev–Trinajstić information content (AvgIpc) is 2.10. The van der Waals surface area contributed by atoms with Crippen LogP contribution >= 0.6 is 0 Å². The van der Waals surface area contributed by atoms with E-state index in [0.29, 0.717) is 0 Å². The molecule has 0 aliphatic carbocycles. The Bertz CT molecular complexity index is 170. The second-order valence-corrected chi connectivity index (χ2v) is 3.65. The molecular weight excluding hydrogens is 158 g/mol. The van der Waals surface area contributed by atoms with Crippen LogP contribution in [0.15, 0.2) is 24.4 Å². The number of allylic oxidation sites excluding steroid dienone is 1. The Labute approximate surface area is 83.1 Å². The highest BCUT2D eigenvalue weighted by Crippen LogP contribution is 2.09. The zero-order valence-corrected chi connectivity index (χ0v) is 9.40. The van der Waals surface area contributed by atoms with Gasteiger partial charge in [0.1, 0.15) is 0 Å². The van der Waals surface area contributed by atoms with Crippen LogP contribution in [0.1, 0.15) is 40.0 Å². The van der Waals surface area contributed by atoms with Crippen molar-refractivity contribution in [2.45, 2.75) is 40.0 Å². The van der Waals surface area contributed by atoms with Crippen LogP contribution < -0.4 is 0 Å². The Balaban J connectivity index is 4.02. The van der Waals surface area contributed by atoms with Gasteiger partial charge >= 0.3 is 0 Å². The topological polar surface area (TPSA) is 3.24 Å². The van der Waals surface area contributed by atoms with Crippen molar-refractivity contribution in [1.29, 1.82) is 0 Å². The fraction of sp³-hybridized carbons (Fsp3) is 0.667. The lowest BCUT2D eigenvalue weighted by Crippen LogP contribution is -2.25. The highest BCUT2D eigenvalue weighted by atomic mass is 15.1. The van der Waals surface area contributed by atoms with E-state index in [0.717, 1.165) is 19.5 Å². The molecule has 0 amide bonds. The first-order valence-corrected chi connectivity index (χ1v) is 5.18. The molecule has 0 aromatic carbocycles. The van der Waals surface area contributed by atoms with E-state index in [1.54, 1.807) is 0 Å². The van der Waals surface area contributed by atoms with Crippen molar-refractivity contribution in [2.75, 3.05) is 13.1 Å². The molecule has 0 aliphatic rings. The minimum absolute atomic E-state index is 0.965. The highest BCUT2D eigenvalue weighted by molar-refractivity contribution is 5.00. The van der Waals surface area contributed by atoms with Crippen molar-refractivity contribution in [2.24, 2.45) is 0 Å². The van der Waals surface area contributed by atoms with Crippen molar-refractivity contribution >= 4 is 0 Å². The fourth-order valence-corrected chi connectivity index (χ4v) is 1.25. The molecule has 0 N–H and O–H groups in total. The summed E-state index contributed by atoms with van der Waals surface area (Å²) in [5.74, 6) is 0. The van der Waals surface area contributed by atoms with E-state index in [4.69, 9.17) is 0 Å². The predicted octanol–water partition coefficient (Wildman–Crippen LogP) is 3.59. The molecule has 0 aliphatic heterocycles. The number of hydrogen-bond acceptors (Lipinski definition) is 1. The molecule has 0 atom stereocenters. The largest absolute Gasteiger partial charge is 0.371 e. The molecule has 0 aromatic rings. The Morgan fingerprint density at radius 2 is 1.85 bits per heavy atom. The van der Waals surface area contributed by atoms with Crippen molar-refractivity contribution in [3.63, 3.8) is 0 Å². The summed E-state index contributed by atoms with van der Waals surface area (Å²) in [6.07, 6.45) is 3.52. The molecule has 13 heavy (non-hydrogen) atoms. The first kappa shape index (κ1) is 12.3. The van der Waals surface area contributed by atoms with Crippen molar-refractivity contribution in [3.8, 4) is 0 Å². The maximum absolute atomic E-state index is 4.06. The van der Waals surface area contributed by atoms with Gasteiger partial charge in [-0.2, -0.15) is 0 Å². The molecule has 0 aromatic heterocycles. The lowest BCUT2D eigenvalue weighted by atomic mass is 10.2. The van der Waals surface area contributed by atoms with E-state index < -0.39 is 0 Å². The molecule has 1 nitrogen and oxygen atoms in total. The minimum Gasteiger partial charge on any atom is -0.371 e. The first-order chi connectivity index (χ1) is 6.11. The Morgan fingerprint density at radius 3 is 2.23 bits per heavy atom. The van der Waals surface area contributed by atoms with E-state index in [-0.39, 0.29) is 0 Å². The van der Waals surface area contributed by atoms with Crippen LogP contribution in [0.5, 0.6) is 0 Å².